The fraction of sp³-hybridized carbons (Fsp3) is 0.200. The summed E-state index contributed by atoms with van der Waals surface area (Å²) in [4.78, 5) is 22.3. The lowest BCUT2D eigenvalue weighted by atomic mass is 10.3. The Hall–Kier alpha value is -1.55. The lowest BCUT2D eigenvalue weighted by molar-refractivity contribution is -0.123. The number of carbonyl (C=O) groups is 2. The van der Waals surface area contributed by atoms with E-state index < -0.39 is 5.91 Å². The van der Waals surface area contributed by atoms with Gasteiger partial charge in [-0.3, -0.25) is 15.0 Å². The number of carbonyl (C=O) groups excluding carboxylic acids is 2. The Morgan fingerprint density at radius 2 is 1.93 bits per heavy atom. The zero-order valence-electron chi connectivity index (χ0n) is 8.24. The van der Waals surface area contributed by atoms with E-state index in [0.29, 0.717) is 5.69 Å². The highest BCUT2D eigenvalue weighted by Gasteiger charge is 2.13. The Labute approximate surface area is 92.8 Å². The van der Waals surface area contributed by atoms with Crippen molar-refractivity contribution in [2.24, 2.45) is 0 Å². The molecule has 0 spiro atoms. The largest absolute Gasteiger partial charge is 0.273 e. The number of hydrogen-bond donors (Lipinski definition) is 1. The van der Waals surface area contributed by atoms with Crippen LogP contribution in [0.2, 0.25) is 0 Å². The van der Waals surface area contributed by atoms with E-state index in [9.17, 15) is 9.59 Å². The summed E-state index contributed by atoms with van der Waals surface area (Å²) in [7, 11) is 0. The van der Waals surface area contributed by atoms with Gasteiger partial charge in [0.2, 0.25) is 5.91 Å². The number of halogens is 1. The van der Waals surface area contributed by atoms with Crippen LogP contribution in [-0.2, 0) is 9.59 Å². The molecule has 0 aliphatic carbocycles. The second kappa shape index (κ2) is 5.36. The summed E-state index contributed by atoms with van der Waals surface area (Å²) >= 11 is 5.34. The van der Waals surface area contributed by atoms with Gasteiger partial charge in [0.05, 0.1) is 5.69 Å². The fourth-order valence-electron chi connectivity index (χ4n) is 1.06. The summed E-state index contributed by atoms with van der Waals surface area (Å²) in [6.07, 6.45) is 0. The molecule has 0 aromatic heterocycles. The van der Waals surface area contributed by atoms with Crippen LogP contribution < -0.4 is 10.4 Å². The quantitative estimate of drug-likeness (QED) is 0.611. The van der Waals surface area contributed by atoms with Crippen molar-refractivity contribution in [3.8, 4) is 0 Å². The van der Waals surface area contributed by atoms with Crippen molar-refractivity contribution in [3.05, 3.63) is 30.3 Å². The van der Waals surface area contributed by atoms with Gasteiger partial charge in [-0.05, 0) is 12.1 Å². The number of hydrogen-bond acceptors (Lipinski definition) is 2. The van der Waals surface area contributed by atoms with E-state index in [0.717, 1.165) is 5.01 Å². The van der Waals surface area contributed by atoms with E-state index in [1.807, 2.05) is 6.07 Å². The first kappa shape index (κ1) is 11.5. The molecule has 1 aromatic carbocycles. The van der Waals surface area contributed by atoms with Gasteiger partial charge in [0.1, 0.15) is 5.88 Å². The summed E-state index contributed by atoms with van der Waals surface area (Å²) < 4.78 is 0. The number of amides is 2. The van der Waals surface area contributed by atoms with Crippen molar-refractivity contribution in [2.75, 3.05) is 10.9 Å². The van der Waals surface area contributed by atoms with Crippen molar-refractivity contribution >= 4 is 29.1 Å². The highest BCUT2D eigenvalue weighted by molar-refractivity contribution is 6.27. The average Bonchev–Trinajstić information content (AvgIpc) is 2.26. The van der Waals surface area contributed by atoms with E-state index in [-0.39, 0.29) is 11.8 Å². The predicted octanol–water partition coefficient (Wildman–Crippen LogP) is 1.31. The van der Waals surface area contributed by atoms with Crippen LogP contribution in [0.5, 0.6) is 0 Å². The van der Waals surface area contributed by atoms with Crippen LogP contribution in [0.15, 0.2) is 30.3 Å². The number of hydrazine groups is 1. The highest BCUT2D eigenvalue weighted by Crippen LogP contribution is 2.10. The number of nitrogens with zero attached hydrogens (tertiary/aromatic N) is 1. The third kappa shape index (κ3) is 3.25. The number of benzene rings is 1. The van der Waals surface area contributed by atoms with Gasteiger partial charge in [0.15, 0.2) is 0 Å². The second-order valence-corrected chi connectivity index (χ2v) is 3.13. The molecule has 0 unspecified atom stereocenters. The van der Waals surface area contributed by atoms with Crippen LogP contribution in [0.4, 0.5) is 5.69 Å². The van der Waals surface area contributed by atoms with Crippen LogP contribution >= 0.6 is 11.6 Å². The molecule has 1 rings (SSSR count). The molecule has 15 heavy (non-hydrogen) atoms. The van der Waals surface area contributed by atoms with Crippen molar-refractivity contribution in [2.45, 2.75) is 6.92 Å². The Morgan fingerprint density at radius 1 is 1.33 bits per heavy atom. The molecule has 0 aliphatic heterocycles. The zero-order chi connectivity index (χ0) is 11.3. The Bertz CT molecular complexity index is 354. The molecule has 0 atom stereocenters. The fourth-order valence-corrected chi connectivity index (χ4v) is 1.12. The van der Waals surface area contributed by atoms with E-state index in [2.05, 4.69) is 5.43 Å². The molecule has 80 valence electrons. The number of anilines is 1. The monoisotopic (exact) mass is 226 g/mol. The first-order valence-corrected chi connectivity index (χ1v) is 4.90. The minimum absolute atomic E-state index is 0.184. The predicted molar refractivity (Wildman–Crippen MR) is 58.5 cm³/mol. The average molecular weight is 227 g/mol. The van der Waals surface area contributed by atoms with Gasteiger partial charge in [-0.15, -0.1) is 11.6 Å². The van der Waals surface area contributed by atoms with Crippen LogP contribution in [-0.4, -0.2) is 17.7 Å². The van der Waals surface area contributed by atoms with Crippen molar-refractivity contribution in [1.82, 2.24) is 5.43 Å². The molecule has 2 amide bonds. The van der Waals surface area contributed by atoms with Crippen LogP contribution in [0.3, 0.4) is 0 Å². The van der Waals surface area contributed by atoms with Crippen LogP contribution in [0.1, 0.15) is 6.92 Å². The Kier molecular flexibility index (Phi) is 4.12. The van der Waals surface area contributed by atoms with Crippen LogP contribution in [0, 0.1) is 0 Å². The third-order valence-electron chi connectivity index (χ3n) is 1.69. The van der Waals surface area contributed by atoms with E-state index in [4.69, 9.17) is 11.6 Å². The van der Waals surface area contributed by atoms with Gasteiger partial charge in [0.25, 0.3) is 5.91 Å². The van der Waals surface area contributed by atoms with Crippen molar-refractivity contribution in [3.63, 3.8) is 0 Å². The number of rotatable bonds is 2. The maximum Gasteiger partial charge on any atom is 0.253 e. The van der Waals surface area contributed by atoms with E-state index in [1.165, 1.54) is 6.92 Å². The van der Waals surface area contributed by atoms with Gasteiger partial charge >= 0.3 is 0 Å². The molecule has 1 aromatic rings. The molecule has 0 aliphatic rings. The topological polar surface area (TPSA) is 49.4 Å². The number of nitrogens with one attached hydrogen (secondary N) is 1. The zero-order valence-corrected chi connectivity index (χ0v) is 8.99. The maximum atomic E-state index is 11.3. The third-order valence-corrected chi connectivity index (χ3v) is 1.93. The highest BCUT2D eigenvalue weighted by atomic mass is 35.5. The van der Waals surface area contributed by atoms with Gasteiger partial charge in [-0.25, -0.2) is 5.01 Å². The molecule has 0 saturated heterocycles. The molecule has 0 heterocycles. The van der Waals surface area contributed by atoms with Gasteiger partial charge in [-0.1, -0.05) is 18.2 Å². The SMILES string of the molecule is CC(=O)N(NC(=O)CCl)c1ccccc1. The molecule has 5 heteroatoms. The molecule has 0 bridgehead atoms. The lowest BCUT2D eigenvalue weighted by Crippen LogP contribution is -2.46. The summed E-state index contributed by atoms with van der Waals surface area (Å²) in [5.74, 6) is -0.883. The molecule has 0 fully saturated rings. The normalized spacial score (nSPS) is 9.47. The molecule has 0 radical (unpaired) electrons. The summed E-state index contributed by atoms with van der Waals surface area (Å²) in [5.41, 5.74) is 3.00. The number of alkyl halides is 1. The van der Waals surface area contributed by atoms with Gasteiger partial charge in [0, 0.05) is 6.92 Å². The van der Waals surface area contributed by atoms with E-state index in [1.54, 1.807) is 24.3 Å². The standard InChI is InChI=1S/C10H11ClN2O2/c1-8(14)13(12-10(15)7-11)9-5-3-2-4-6-9/h2-6H,7H2,1H3,(H,12,15). The second-order valence-electron chi connectivity index (χ2n) is 2.86. The van der Waals surface area contributed by atoms with E-state index >= 15 is 0 Å². The first-order chi connectivity index (χ1) is 7.15. The van der Waals surface area contributed by atoms with Gasteiger partial charge in [-0.2, -0.15) is 0 Å². The number of para-hydroxylation sites is 1. The maximum absolute atomic E-state index is 11.3. The molecule has 4 nitrogen and oxygen atoms in total. The molecule has 1 N–H and O–H groups in total. The minimum atomic E-state index is -0.421. The Balaban J connectivity index is 2.84. The minimum Gasteiger partial charge on any atom is -0.273 e. The smallest absolute Gasteiger partial charge is 0.253 e. The Morgan fingerprint density at radius 3 is 2.40 bits per heavy atom. The summed E-state index contributed by atoms with van der Waals surface area (Å²) in [6.45, 7) is 1.36. The molecular formula is C10H11ClN2O2. The molecule has 0 saturated carbocycles. The van der Waals surface area contributed by atoms with Gasteiger partial charge < -0.3 is 0 Å². The van der Waals surface area contributed by atoms with Crippen molar-refractivity contribution < 1.29 is 9.59 Å². The molecular weight excluding hydrogens is 216 g/mol. The van der Waals surface area contributed by atoms with Crippen molar-refractivity contribution in [1.29, 1.82) is 0 Å². The summed E-state index contributed by atoms with van der Waals surface area (Å²) in [6, 6.07) is 8.81. The van der Waals surface area contributed by atoms with Crippen LogP contribution in [0.25, 0.3) is 0 Å². The summed E-state index contributed by atoms with van der Waals surface area (Å²) in [5, 5.41) is 1.16. The first-order valence-electron chi connectivity index (χ1n) is 4.36. The lowest BCUT2D eigenvalue weighted by Gasteiger charge is -2.21.